The van der Waals surface area contributed by atoms with Crippen LogP contribution in [0.3, 0.4) is 0 Å². The second kappa shape index (κ2) is 5.81. The maximum Gasteiger partial charge on any atom is 0.126 e. The summed E-state index contributed by atoms with van der Waals surface area (Å²) in [6.45, 7) is 4.16. The van der Waals surface area contributed by atoms with Crippen molar-refractivity contribution >= 4 is 12.6 Å². The summed E-state index contributed by atoms with van der Waals surface area (Å²) < 4.78 is 0. The van der Waals surface area contributed by atoms with Crippen molar-refractivity contribution in [3.05, 3.63) is 71.8 Å². The number of hydrogen-bond acceptors (Lipinski definition) is 2. The topological polar surface area (TPSA) is 20.2 Å². The van der Waals surface area contributed by atoms with Crippen molar-refractivity contribution in [2.24, 2.45) is 5.92 Å². The Kier molecular flexibility index (Phi) is 4.33. The van der Waals surface area contributed by atoms with E-state index < -0.39 is 5.60 Å². The molecule has 19 heavy (non-hydrogen) atoms. The van der Waals surface area contributed by atoms with Crippen LogP contribution in [0.25, 0.3) is 0 Å². The molecule has 0 fully saturated rings. The lowest BCUT2D eigenvalue weighted by molar-refractivity contribution is 0.0655. The van der Waals surface area contributed by atoms with Crippen LogP contribution in [0.15, 0.2) is 60.7 Å². The molecule has 2 heteroatoms. The van der Waals surface area contributed by atoms with Crippen molar-refractivity contribution in [3.8, 4) is 0 Å². The molecule has 0 radical (unpaired) electrons. The number of rotatable bonds is 4. The minimum Gasteiger partial charge on any atom is -0.379 e. The van der Waals surface area contributed by atoms with Crippen LogP contribution in [0.4, 0.5) is 0 Å². The first kappa shape index (κ1) is 14.2. The van der Waals surface area contributed by atoms with Crippen molar-refractivity contribution < 1.29 is 5.11 Å². The summed E-state index contributed by atoms with van der Waals surface area (Å²) in [7, 11) is 0. The first-order valence-electron chi connectivity index (χ1n) is 6.58. The second-order valence-electron chi connectivity index (χ2n) is 5.19. The predicted molar refractivity (Wildman–Crippen MR) is 83.5 cm³/mol. The lowest BCUT2D eigenvalue weighted by Gasteiger charge is -2.37. The first-order chi connectivity index (χ1) is 9.06. The Hall–Kier alpha value is -1.25. The predicted octanol–water partition coefficient (Wildman–Crippen LogP) is 3.88. The molecule has 0 amide bonds. The van der Waals surface area contributed by atoms with Gasteiger partial charge in [-0.05, 0) is 17.0 Å². The smallest absolute Gasteiger partial charge is 0.126 e. The average Bonchev–Trinajstić information content (AvgIpc) is 2.47. The van der Waals surface area contributed by atoms with Crippen molar-refractivity contribution in [2.45, 2.75) is 24.7 Å². The van der Waals surface area contributed by atoms with Gasteiger partial charge in [0.05, 0.1) is 0 Å². The summed E-state index contributed by atoms with van der Waals surface area (Å²) in [5, 5.41) is 11.1. The monoisotopic (exact) mass is 272 g/mol. The molecule has 0 heterocycles. The second-order valence-corrected chi connectivity index (χ2v) is 5.74. The normalized spacial score (nSPS) is 13.5. The van der Waals surface area contributed by atoms with Gasteiger partial charge in [-0.3, -0.25) is 0 Å². The van der Waals surface area contributed by atoms with Crippen molar-refractivity contribution in [3.63, 3.8) is 0 Å². The minimum absolute atomic E-state index is 0.169. The van der Waals surface area contributed by atoms with Crippen molar-refractivity contribution in [1.29, 1.82) is 0 Å². The third kappa shape index (κ3) is 2.70. The van der Waals surface area contributed by atoms with Crippen molar-refractivity contribution in [2.75, 3.05) is 0 Å². The largest absolute Gasteiger partial charge is 0.379 e. The molecule has 2 aromatic rings. The van der Waals surface area contributed by atoms with Crippen LogP contribution in [-0.2, 0) is 5.60 Å². The third-order valence-corrected chi connectivity index (χ3v) is 4.46. The fraction of sp³-hybridized carbons (Fsp3) is 0.294. The molecule has 1 nitrogen and oxygen atoms in total. The Morgan fingerprint density at radius 3 is 1.53 bits per heavy atom. The summed E-state index contributed by atoms with van der Waals surface area (Å²) in [5.74, 6) is 0.258. The molecule has 1 N–H and O–H groups in total. The van der Waals surface area contributed by atoms with Gasteiger partial charge in [0, 0.05) is 5.25 Å². The van der Waals surface area contributed by atoms with Gasteiger partial charge >= 0.3 is 0 Å². The number of thiol groups is 1. The van der Waals surface area contributed by atoms with Crippen LogP contribution < -0.4 is 0 Å². The fourth-order valence-corrected chi connectivity index (χ4v) is 2.67. The summed E-state index contributed by atoms with van der Waals surface area (Å²) in [6, 6.07) is 19.5. The van der Waals surface area contributed by atoms with Gasteiger partial charge < -0.3 is 5.11 Å². The maximum atomic E-state index is 11.3. The molecule has 0 aliphatic rings. The van der Waals surface area contributed by atoms with Gasteiger partial charge in [-0.1, -0.05) is 74.5 Å². The van der Waals surface area contributed by atoms with Gasteiger partial charge in [0.2, 0.25) is 0 Å². The molecule has 0 aliphatic carbocycles. The molecular weight excluding hydrogens is 252 g/mol. The standard InChI is InChI=1S/C17H20OS/c1-13(2)16(19)17(18,14-9-5-3-6-10-14)15-11-7-4-8-12-15/h3-13,16,18-19H,1-2H3/t16-/m1/s1. The highest BCUT2D eigenvalue weighted by molar-refractivity contribution is 7.81. The fourth-order valence-electron chi connectivity index (χ4n) is 2.38. The van der Waals surface area contributed by atoms with Crippen LogP contribution in [-0.4, -0.2) is 10.4 Å². The molecule has 0 bridgehead atoms. The van der Waals surface area contributed by atoms with Gasteiger partial charge in [-0.25, -0.2) is 0 Å². The molecule has 0 aromatic heterocycles. The highest BCUT2D eigenvalue weighted by Gasteiger charge is 2.39. The Bertz CT molecular complexity index is 468. The van der Waals surface area contributed by atoms with E-state index in [1.165, 1.54) is 0 Å². The van der Waals surface area contributed by atoms with Crippen LogP contribution in [0.1, 0.15) is 25.0 Å². The first-order valence-corrected chi connectivity index (χ1v) is 7.10. The molecule has 1 atom stereocenters. The summed E-state index contributed by atoms with van der Waals surface area (Å²) in [4.78, 5) is 0. The molecule has 2 aromatic carbocycles. The van der Waals surface area contributed by atoms with Gasteiger partial charge in [-0.2, -0.15) is 12.6 Å². The van der Waals surface area contributed by atoms with E-state index in [-0.39, 0.29) is 11.2 Å². The lowest BCUT2D eigenvalue weighted by Crippen LogP contribution is -2.40. The maximum absolute atomic E-state index is 11.3. The zero-order valence-corrected chi connectivity index (χ0v) is 12.2. The van der Waals surface area contributed by atoms with Crippen LogP contribution in [0, 0.1) is 5.92 Å². The highest BCUT2D eigenvalue weighted by Crippen LogP contribution is 2.38. The summed E-state index contributed by atoms with van der Waals surface area (Å²) >= 11 is 4.68. The van der Waals surface area contributed by atoms with Gasteiger partial charge in [0.25, 0.3) is 0 Å². The summed E-state index contributed by atoms with van der Waals surface area (Å²) in [5.41, 5.74) is 0.699. The summed E-state index contributed by atoms with van der Waals surface area (Å²) in [6.07, 6.45) is 0. The number of aliphatic hydroxyl groups is 1. The van der Waals surface area contributed by atoms with Crippen LogP contribution in [0.5, 0.6) is 0 Å². The number of hydrogen-bond donors (Lipinski definition) is 2. The molecule has 0 unspecified atom stereocenters. The van der Waals surface area contributed by atoms with E-state index in [4.69, 9.17) is 0 Å². The van der Waals surface area contributed by atoms with Gasteiger partial charge in [0.15, 0.2) is 0 Å². The third-order valence-electron chi connectivity index (χ3n) is 3.49. The van der Waals surface area contributed by atoms with E-state index in [1.54, 1.807) is 0 Å². The molecule has 0 saturated heterocycles. The zero-order chi connectivity index (χ0) is 13.9. The van der Waals surface area contributed by atoms with E-state index >= 15 is 0 Å². The minimum atomic E-state index is -1.07. The molecule has 2 rings (SSSR count). The zero-order valence-electron chi connectivity index (χ0n) is 11.3. The number of benzene rings is 2. The molecule has 0 saturated carbocycles. The lowest BCUT2D eigenvalue weighted by atomic mass is 9.79. The molecule has 0 aliphatic heterocycles. The Morgan fingerprint density at radius 2 is 1.21 bits per heavy atom. The van der Waals surface area contributed by atoms with E-state index in [2.05, 4.69) is 26.5 Å². The quantitative estimate of drug-likeness (QED) is 0.809. The van der Waals surface area contributed by atoms with E-state index in [0.29, 0.717) is 0 Å². The Labute approximate surface area is 120 Å². The molecule has 0 spiro atoms. The van der Waals surface area contributed by atoms with Crippen LogP contribution >= 0.6 is 12.6 Å². The SMILES string of the molecule is CC(C)[C@@H](S)C(O)(c1ccccc1)c1ccccc1. The Balaban J connectivity index is 2.57. The van der Waals surface area contributed by atoms with E-state index in [1.807, 2.05) is 60.7 Å². The van der Waals surface area contributed by atoms with Crippen molar-refractivity contribution in [1.82, 2.24) is 0 Å². The van der Waals surface area contributed by atoms with Gasteiger partial charge in [0.1, 0.15) is 5.60 Å². The molecule has 100 valence electrons. The highest BCUT2D eigenvalue weighted by atomic mass is 32.1. The molecular formula is C17H20OS. The van der Waals surface area contributed by atoms with Gasteiger partial charge in [-0.15, -0.1) is 0 Å². The van der Waals surface area contributed by atoms with Crippen LogP contribution in [0.2, 0.25) is 0 Å². The van der Waals surface area contributed by atoms with E-state index in [0.717, 1.165) is 11.1 Å². The van der Waals surface area contributed by atoms with E-state index in [9.17, 15) is 5.11 Å². The average molecular weight is 272 g/mol. The Morgan fingerprint density at radius 1 is 0.842 bits per heavy atom.